The van der Waals surface area contributed by atoms with Gasteiger partial charge in [-0.1, -0.05) is 44.0 Å². The molecule has 2 aromatic heterocycles. The summed E-state index contributed by atoms with van der Waals surface area (Å²) in [7, 11) is -1.82. The summed E-state index contributed by atoms with van der Waals surface area (Å²) in [6.45, 7) is 7.97. The minimum Gasteiger partial charge on any atom is -0.472 e. The van der Waals surface area contributed by atoms with E-state index in [0.717, 1.165) is 29.3 Å². The van der Waals surface area contributed by atoms with Gasteiger partial charge in [-0.25, -0.2) is 0 Å². The topological polar surface area (TPSA) is 47.3 Å². The molecule has 1 N–H and O–H groups in total. The molecule has 0 aromatic carbocycles. The molecular formula is C18H26Cl2N2O2Si. The first-order valence-corrected chi connectivity index (χ1v) is 12.0. The molecular weight excluding hydrogens is 375 g/mol. The van der Waals surface area contributed by atoms with Gasteiger partial charge in [0, 0.05) is 36.6 Å². The molecule has 0 saturated heterocycles. The lowest BCUT2D eigenvalue weighted by Crippen LogP contribution is -2.40. The summed E-state index contributed by atoms with van der Waals surface area (Å²) in [5.41, 5.74) is 1.92. The van der Waals surface area contributed by atoms with Crippen molar-refractivity contribution in [1.82, 2.24) is 10.3 Å². The van der Waals surface area contributed by atoms with Crippen LogP contribution in [0.1, 0.15) is 38.0 Å². The second kappa shape index (κ2) is 9.74. The molecule has 0 aliphatic carbocycles. The lowest BCUT2D eigenvalue weighted by atomic mass is 10.1. The lowest BCUT2D eigenvalue weighted by Gasteiger charge is -2.34. The van der Waals surface area contributed by atoms with Crippen LogP contribution in [0.4, 0.5) is 0 Å². The van der Waals surface area contributed by atoms with Gasteiger partial charge in [-0.3, -0.25) is 4.98 Å². The second-order valence-corrected chi connectivity index (χ2v) is 11.7. The van der Waals surface area contributed by atoms with Crippen molar-refractivity contribution in [3.8, 4) is 0 Å². The van der Waals surface area contributed by atoms with Gasteiger partial charge in [-0.15, -0.1) is 0 Å². The molecule has 2 rings (SSSR count). The molecule has 0 saturated carbocycles. The molecule has 7 heteroatoms. The molecule has 0 aliphatic heterocycles. The largest absolute Gasteiger partial charge is 0.472 e. The number of furan rings is 1. The summed E-state index contributed by atoms with van der Waals surface area (Å²) in [6, 6.07) is 5.15. The molecule has 0 amide bonds. The van der Waals surface area contributed by atoms with Crippen LogP contribution >= 0.6 is 23.2 Å². The van der Waals surface area contributed by atoms with Crippen LogP contribution < -0.4 is 5.32 Å². The first kappa shape index (κ1) is 20.5. The third kappa shape index (κ3) is 5.31. The monoisotopic (exact) mass is 400 g/mol. The fourth-order valence-electron chi connectivity index (χ4n) is 2.97. The molecule has 25 heavy (non-hydrogen) atoms. The number of pyridine rings is 1. The standard InChI is InChI=1S/C18H26Cl2N2O2Si/c1-4-25(5-2,6-3)24-17(12-21-9-14-7-8-23-13-14)18-15(19)10-22-11-16(18)20/h7-8,10-11,13,17,21H,4-6,9,12H2,1-3H3. The van der Waals surface area contributed by atoms with Crippen molar-refractivity contribution in [3.05, 3.63) is 52.2 Å². The van der Waals surface area contributed by atoms with Crippen LogP contribution in [0.5, 0.6) is 0 Å². The van der Waals surface area contributed by atoms with Gasteiger partial charge in [0.1, 0.15) is 0 Å². The molecule has 138 valence electrons. The van der Waals surface area contributed by atoms with Crippen molar-refractivity contribution in [1.29, 1.82) is 0 Å². The van der Waals surface area contributed by atoms with E-state index < -0.39 is 8.32 Å². The minimum absolute atomic E-state index is 0.193. The number of rotatable bonds is 10. The van der Waals surface area contributed by atoms with E-state index >= 15 is 0 Å². The zero-order chi connectivity index (χ0) is 18.3. The molecule has 0 spiro atoms. The van der Waals surface area contributed by atoms with E-state index in [1.165, 1.54) is 0 Å². The first-order chi connectivity index (χ1) is 12.0. The predicted molar refractivity (Wildman–Crippen MR) is 106 cm³/mol. The molecule has 1 atom stereocenters. The van der Waals surface area contributed by atoms with Gasteiger partial charge < -0.3 is 14.2 Å². The molecule has 2 heterocycles. The second-order valence-electron chi connectivity index (χ2n) is 6.13. The van der Waals surface area contributed by atoms with Crippen LogP contribution in [0.3, 0.4) is 0 Å². The van der Waals surface area contributed by atoms with Crippen LogP contribution in [0.25, 0.3) is 0 Å². The number of hydrogen-bond donors (Lipinski definition) is 1. The van der Waals surface area contributed by atoms with Crippen molar-refractivity contribution in [2.24, 2.45) is 0 Å². The minimum atomic E-state index is -1.82. The molecule has 4 nitrogen and oxygen atoms in total. The van der Waals surface area contributed by atoms with E-state index in [2.05, 4.69) is 31.1 Å². The van der Waals surface area contributed by atoms with E-state index in [1.807, 2.05) is 6.07 Å². The van der Waals surface area contributed by atoms with Gasteiger partial charge in [0.15, 0.2) is 8.32 Å². The number of halogens is 2. The summed E-state index contributed by atoms with van der Waals surface area (Å²) in [6.07, 6.45) is 6.47. The summed E-state index contributed by atoms with van der Waals surface area (Å²) in [5, 5.41) is 4.53. The Morgan fingerprint density at radius 1 is 1.16 bits per heavy atom. The van der Waals surface area contributed by atoms with Crippen molar-refractivity contribution in [2.75, 3.05) is 6.54 Å². The average Bonchev–Trinajstić information content (AvgIpc) is 3.12. The Kier molecular flexibility index (Phi) is 7.97. The number of hydrogen-bond acceptors (Lipinski definition) is 4. The highest BCUT2D eigenvalue weighted by atomic mass is 35.5. The van der Waals surface area contributed by atoms with Gasteiger partial charge in [0.25, 0.3) is 0 Å². The highest BCUT2D eigenvalue weighted by molar-refractivity contribution is 6.73. The molecule has 2 aromatic rings. The van der Waals surface area contributed by atoms with Gasteiger partial charge >= 0.3 is 0 Å². The van der Waals surface area contributed by atoms with E-state index in [9.17, 15) is 0 Å². The highest BCUT2D eigenvalue weighted by Crippen LogP contribution is 2.36. The van der Waals surface area contributed by atoms with Gasteiger partial charge in [0.05, 0.1) is 28.7 Å². The smallest absolute Gasteiger partial charge is 0.192 e. The SMILES string of the molecule is CC[Si](CC)(CC)OC(CNCc1ccoc1)c1c(Cl)cncc1Cl. The van der Waals surface area contributed by atoms with Crippen LogP contribution in [-0.2, 0) is 11.0 Å². The van der Waals surface area contributed by atoms with Crippen molar-refractivity contribution in [3.63, 3.8) is 0 Å². The number of nitrogens with one attached hydrogen (secondary N) is 1. The Hall–Kier alpha value is -0.853. The Morgan fingerprint density at radius 3 is 2.32 bits per heavy atom. The molecule has 0 radical (unpaired) electrons. The van der Waals surface area contributed by atoms with Crippen molar-refractivity contribution in [2.45, 2.75) is 51.6 Å². The maximum absolute atomic E-state index is 6.71. The zero-order valence-corrected chi connectivity index (χ0v) is 17.5. The van der Waals surface area contributed by atoms with Crippen LogP contribution in [0.2, 0.25) is 28.2 Å². The maximum atomic E-state index is 6.71. The first-order valence-electron chi connectivity index (χ1n) is 8.73. The maximum Gasteiger partial charge on any atom is 0.192 e. The molecule has 0 bridgehead atoms. The third-order valence-electron chi connectivity index (χ3n) is 4.78. The lowest BCUT2D eigenvalue weighted by molar-refractivity contribution is 0.186. The van der Waals surface area contributed by atoms with E-state index in [4.69, 9.17) is 32.0 Å². The highest BCUT2D eigenvalue weighted by Gasteiger charge is 2.34. The van der Waals surface area contributed by atoms with Crippen LogP contribution in [-0.4, -0.2) is 19.8 Å². The van der Waals surface area contributed by atoms with E-state index in [0.29, 0.717) is 23.1 Å². The van der Waals surface area contributed by atoms with Gasteiger partial charge in [-0.2, -0.15) is 0 Å². The van der Waals surface area contributed by atoms with Crippen molar-refractivity contribution < 1.29 is 8.84 Å². The summed E-state index contributed by atoms with van der Waals surface area (Å²) < 4.78 is 11.8. The Bertz CT molecular complexity index is 620. The average molecular weight is 401 g/mol. The summed E-state index contributed by atoms with van der Waals surface area (Å²) in [5.74, 6) is 0. The van der Waals surface area contributed by atoms with E-state index in [1.54, 1.807) is 24.9 Å². The van der Waals surface area contributed by atoms with Gasteiger partial charge in [0.2, 0.25) is 0 Å². The summed E-state index contributed by atoms with van der Waals surface area (Å²) >= 11 is 12.8. The normalized spacial score (nSPS) is 13.2. The van der Waals surface area contributed by atoms with Crippen LogP contribution in [0, 0.1) is 0 Å². The van der Waals surface area contributed by atoms with Crippen LogP contribution in [0.15, 0.2) is 35.4 Å². The third-order valence-corrected chi connectivity index (χ3v) is 10.0. The Morgan fingerprint density at radius 2 is 1.80 bits per heavy atom. The van der Waals surface area contributed by atoms with E-state index in [-0.39, 0.29) is 6.10 Å². The Labute approximate surface area is 161 Å². The molecule has 0 fully saturated rings. The molecule has 0 aliphatic rings. The quantitative estimate of drug-likeness (QED) is 0.509. The summed E-state index contributed by atoms with van der Waals surface area (Å²) in [4.78, 5) is 4.06. The fourth-order valence-corrected chi connectivity index (χ4v) is 6.39. The Balaban J connectivity index is 2.21. The number of aromatic nitrogens is 1. The fraction of sp³-hybridized carbons (Fsp3) is 0.500. The van der Waals surface area contributed by atoms with Gasteiger partial charge in [-0.05, 0) is 24.2 Å². The predicted octanol–water partition coefficient (Wildman–Crippen LogP) is 5.83. The zero-order valence-electron chi connectivity index (χ0n) is 15.0. The molecule has 1 unspecified atom stereocenters. The number of nitrogens with zero attached hydrogens (tertiary/aromatic N) is 1. The van der Waals surface area contributed by atoms with Crippen molar-refractivity contribution >= 4 is 31.5 Å².